The lowest BCUT2D eigenvalue weighted by Crippen LogP contribution is -2.37. The van der Waals surface area contributed by atoms with Crippen LogP contribution in [0.1, 0.15) is 36.4 Å². The molecule has 0 amide bonds. The van der Waals surface area contributed by atoms with Crippen LogP contribution in [0.4, 0.5) is 0 Å². The van der Waals surface area contributed by atoms with Gasteiger partial charge in [-0.1, -0.05) is 12.1 Å². The summed E-state index contributed by atoms with van der Waals surface area (Å²) in [5, 5.41) is 4.49. The highest BCUT2D eigenvalue weighted by atomic mass is 16.1. The van der Waals surface area contributed by atoms with E-state index in [0.29, 0.717) is 5.69 Å². The summed E-state index contributed by atoms with van der Waals surface area (Å²) in [6, 6.07) is 7.77. The molecule has 4 nitrogen and oxygen atoms in total. The molecule has 1 aromatic heterocycles. The van der Waals surface area contributed by atoms with Crippen molar-refractivity contribution in [3.8, 4) is 5.69 Å². The van der Waals surface area contributed by atoms with Gasteiger partial charge in [0.25, 0.3) is 0 Å². The van der Waals surface area contributed by atoms with E-state index in [9.17, 15) is 4.79 Å². The smallest absolute Gasteiger partial charge is 0.205 e. The minimum absolute atomic E-state index is 0.114. The van der Waals surface area contributed by atoms with Crippen LogP contribution < -0.4 is 11.2 Å². The number of aryl methyl sites for hydroxylation is 3. The summed E-state index contributed by atoms with van der Waals surface area (Å²) in [4.78, 5) is 12.1. The highest BCUT2D eigenvalue weighted by molar-refractivity contribution is 5.43. The van der Waals surface area contributed by atoms with Crippen LogP contribution in [-0.4, -0.2) is 9.78 Å². The van der Waals surface area contributed by atoms with Crippen molar-refractivity contribution in [1.29, 1.82) is 0 Å². The van der Waals surface area contributed by atoms with E-state index in [4.69, 9.17) is 5.73 Å². The predicted molar refractivity (Wildman–Crippen MR) is 81.3 cm³/mol. The van der Waals surface area contributed by atoms with Gasteiger partial charge in [0.2, 0.25) is 5.43 Å². The number of aromatic nitrogens is 2. The van der Waals surface area contributed by atoms with Crippen LogP contribution in [-0.2, 0) is 5.54 Å². The second kappa shape index (κ2) is 4.87. The van der Waals surface area contributed by atoms with Crippen molar-refractivity contribution in [3.63, 3.8) is 0 Å². The van der Waals surface area contributed by atoms with Gasteiger partial charge < -0.3 is 5.73 Å². The summed E-state index contributed by atoms with van der Waals surface area (Å²) in [5.41, 5.74) is 9.59. The Morgan fingerprint density at radius 1 is 1.15 bits per heavy atom. The van der Waals surface area contributed by atoms with Gasteiger partial charge >= 0.3 is 0 Å². The fourth-order valence-corrected chi connectivity index (χ4v) is 2.19. The van der Waals surface area contributed by atoms with Crippen molar-refractivity contribution in [1.82, 2.24) is 9.78 Å². The maximum atomic E-state index is 12.1. The monoisotopic (exact) mass is 271 g/mol. The Kier molecular flexibility index (Phi) is 3.52. The van der Waals surface area contributed by atoms with Crippen molar-refractivity contribution >= 4 is 0 Å². The number of hydrogen-bond acceptors (Lipinski definition) is 3. The van der Waals surface area contributed by atoms with Crippen LogP contribution in [0.5, 0.6) is 0 Å². The Labute approximate surface area is 119 Å². The number of nitrogens with zero attached hydrogens (tertiary/aromatic N) is 2. The summed E-state index contributed by atoms with van der Waals surface area (Å²) in [5.74, 6) is 0. The van der Waals surface area contributed by atoms with Crippen LogP contribution >= 0.6 is 0 Å². The molecule has 20 heavy (non-hydrogen) atoms. The summed E-state index contributed by atoms with van der Waals surface area (Å²) in [6.07, 6.45) is 0. The minimum atomic E-state index is -0.760. The molecular weight excluding hydrogens is 250 g/mol. The lowest BCUT2D eigenvalue weighted by Gasteiger charge is -2.20. The van der Waals surface area contributed by atoms with Gasteiger partial charge in [-0.05, 0) is 51.8 Å². The molecule has 4 heteroatoms. The Morgan fingerprint density at radius 3 is 2.40 bits per heavy atom. The van der Waals surface area contributed by atoms with Gasteiger partial charge in [-0.2, -0.15) is 5.10 Å². The van der Waals surface area contributed by atoms with E-state index in [1.807, 2.05) is 20.8 Å². The summed E-state index contributed by atoms with van der Waals surface area (Å²) in [6.45, 7) is 9.53. The third-order valence-corrected chi connectivity index (χ3v) is 3.31. The van der Waals surface area contributed by atoms with E-state index in [1.165, 1.54) is 0 Å². The molecule has 0 aliphatic carbocycles. The number of hydrogen-bond donors (Lipinski definition) is 1. The Morgan fingerprint density at radius 2 is 1.80 bits per heavy atom. The lowest BCUT2D eigenvalue weighted by atomic mass is 10.0. The van der Waals surface area contributed by atoms with Crippen LogP contribution in [0.15, 0.2) is 29.1 Å². The number of nitrogens with two attached hydrogens (primary N) is 1. The zero-order valence-corrected chi connectivity index (χ0v) is 12.7. The Balaban J connectivity index is 2.75. The zero-order chi connectivity index (χ0) is 15.1. The summed E-state index contributed by atoms with van der Waals surface area (Å²) in [7, 11) is 0. The quantitative estimate of drug-likeness (QED) is 0.912. The second-order valence-electron chi connectivity index (χ2n) is 5.92. The number of rotatable bonds is 2. The molecule has 0 unspecified atom stereocenters. The van der Waals surface area contributed by atoms with Crippen LogP contribution in [0, 0.1) is 20.8 Å². The molecule has 0 bridgehead atoms. The third kappa shape index (κ3) is 2.65. The normalized spacial score (nSPS) is 11.7. The SMILES string of the molecule is Cc1ccc(C)c(-n2nc(C(C)(C)N)c(=O)cc2C)c1. The minimum Gasteiger partial charge on any atom is -0.320 e. The first-order chi connectivity index (χ1) is 9.20. The van der Waals surface area contributed by atoms with Crippen molar-refractivity contribution < 1.29 is 0 Å². The molecular formula is C16H21N3O. The van der Waals surface area contributed by atoms with E-state index in [0.717, 1.165) is 22.5 Å². The average molecular weight is 271 g/mol. The highest BCUT2D eigenvalue weighted by Gasteiger charge is 2.21. The molecule has 0 fully saturated rings. The van der Waals surface area contributed by atoms with Gasteiger partial charge in [0.05, 0.1) is 11.2 Å². The van der Waals surface area contributed by atoms with E-state index < -0.39 is 5.54 Å². The molecule has 0 aliphatic rings. The first-order valence-corrected chi connectivity index (χ1v) is 6.68. The van der Waals surface area contributed by atoms with Gasteiger partial charge in [0.1, 0.15) is 5.69 Å². The Bertz CT molecular complexity index is 709. The van der Waals surface area contributed by atoms with Crippen LogP contribution in [0.3, 0.4) is 0 Å². The molecule has 2 rings (SSSR count). The van der Waals surface area contributed by atoms with E-state index >= 15 is 0 Å². The average Bonchev–Trinajstić information content (AvgIpc) is 2.31. The molecule has 0 saturated heterocycles. The van der Waals surface area contributed by atoms with E-state index in [2.05, 4.69) is 23.3 Å². The molecule has 1 aromatic carbocycles. The fraction of sp³-hybridized carbons (Fsp3) is 0.375. The van der Waals surface area contributed by atoms with Crippen molar-refractivity contribution in [2.75, 3.05) is 0 Å². The van der Waals surface area contributed by atoms with Crippen LogP contribution in [0.2, 0.25) is 0 Å². The Hall–Kier alpha value is -1.94. The molecule has 0 radical (unpaired) electrons. The van der Waals surface area contributed by atoms with Gasteiger partial charge in [-0.15, -0.1) is 0 Å². The fourth-order valence-electron chi connectivity index (χ4n) is 2.19. The maximum Gasteiger partial charge on any atom is 0.205 e. The molecule has 2 N–H and O–H groups in total. The topological polar surface area (TPSA) is 60.9 Å². The van der Waals surface area contributed by atoms with E-state index in [1.54, 1.807) is 24.6 Å². The first-order valence-electron chi connectivity index (χ1n) is 6.68. The summed E-state index contributed by atoms with van der Waals surface area (Å²) >= 11 is 0. The standard InChI is InChI=1S/C16H21N3O/c1-10-6-7-11(2)13(8-10)19-12(3)9-14(20)15(18-19)16(4,5)17/h6-9H,17H2,1-5H3. The second-order valence-corrected chi connectivity index (χ2v) is 5.92. The summed E-state index contributed by atoms with van der Waals surface area (Å²) < 4.78 is 1.80. The predicted octanol–water partition coefficient (Wildman–Crippen LogP) is 2.35. The lowest BCUT2D eigenvalue weighted by molar-refractivity contribution is 0.510. The van der Waals surface area contributed by atoms with Gasteiger partial charge in [0, 0.05) is 11.8 Å². The molecule has 0 aliphatic heterocycles. The van der Waals surface area contributed by atoms with Crippen molar-refractivity contribution in [3.05, 3.63) is 57.0 Å². The molecule has 1 heterocycles. The zero-order valence-electron chi connectivity index (χ0n) is 12.7. The molecule has 2 aromatic rings. The number of benzene rings is 1. The van der Waals surface area contributed by atoms with Crippen molar-refractivity contribution in [2.24, 2.45) is 5.73 Å². The van der Waals surface area contributed by atoms with Gasteiger partial charge in [-0.3, -0.25) is 4.79 Å². The van der Waals surface area contributed by atoms with Gasteiger partial charge in [0.15, 0.2) is 0 Å². The molecule has 0 saturated carbocycles. The molecule has 106 valence electrons. The van der Waals surface area contributed by atoms with E-state index in [-0.39, 0.29) is 5.43 Å². The first kappa shape index (κ1) is 14.5. The van der Waals surface area contributed by atoms with Crippen LogP contribution in [0.25, 0.3) is 5.69 Å². The largest absolute Gasteiger partial charge is 0.320 e. The molecule has 0 atom stereocenters. The molecule has 0 spiro atoms. The third-order valence-electron chi connectivity index (χ3n) is 3.31. The maximum absolute atomic E-state index is 12.1. The van der Waals surface area contributed by atoms with Gasteiger partial charge in [-0.25, -0.2) is 4.68 Å². The van der Waals surface area contributed by atoms with Crippen molar-refractivity contribution in [2.45, 2.75) is 40.2 Å². The highest BCUT2D eigenvalue weighted by Crippen LogP contribution is 2.18.